The van der Waals surface area contributed by atoms with Crippen LogP contribution in [0.1, 0.15) is 0 Å². The van der Waals surface area contributed by atoms with Gasteiger partial charge < -0.3 is 0 Å². The maximum Gasteiger partial charge on any atom is 0 e. The fourth-order valence-electron chi connectivity index (χ4n) is 0. The van der Waals surface area contributed by atoms with Gasteiger partial charge in [-0.3, -0.25) is 0 Å². The molecule has 33 valence electrons. The van der Waals surface area contributed by atoms with Gasteiger partial charge >= 0.3 is 0 Å². The maximum atomic E-state index is 0. The molecule has 0 aromatic rings. The maximum absolute atomic E-state index is 0. The predicted octanol–water partition coefficient (Wildman–Crippen LogP) is -0.391. The van der Waals surface area contributed by atoms with E-state index in [9.17, 15) is 0 Å². The Balaban J connectivity index is 0. The molecule has 0 aliphatic heterocycles. The van der Waals surface area contributed by atoms with Crippen LogP contribution in [0, 0.1) is 0 Å². The molecule has 0 unspecified atom stereocenters. The van der Waals surface area contributed by atoms with Crippen LogP contribution >= 0.6 is 0 Å². The van der Waals surface area contributed by atoms with Crippen LogP contribution in [-0.4, -0.2) is 23.1 Å². The van der Waals surface area contributed by atoms with Gasteiger partial charge in [0, 0.05) is 94.7 Å². The number of hydrogen-bond acceptors (Lipinski definition) is 0. The minimum absolute atomic E-state index is 0. The zero-order valence-corrected chi connectivity index (χ0v) is 9.82. The summed E-state index contributed by atoms with van der Waals surface area (Å²) in [5.41, 5.74) is 0. The summed E-state index contributed by atoms with van der Waals surface area (Å²) in [6.07, 6.45) is 0. The molecule has 0 saturated heterocycles. The van der Waals surface area contributed by atoms with Gasteiger partial charge in [-0.25, -0.2) is 0 Å². The van der Waals surface area contributed by atoms with Crippen molar-refractivity contribution in [1.29, 1.82) is 0 Å². The molecule has 0 aromatic carbocycles. The van der Waals surface area contributed by atoms with Crippen molar-refractivity contribution < 1.29 is 71.7 Å². The summed E-state index contributed by atoms with van der Waals surface area (Å²) in [6.45, 7) is 0. The van der Waals surface area contributed by atoms with Crippen molar-refractivity contribution in [3.8, 4) is 0 Å². The Kier molecular flexibility index (Phi) is 245. The first-order valence-electron chi connectivity index (χ1n) is 0. The number of hydrogen-bond donors (Lipinski definition) is 0. The molecule has 0 rings (SSSR count). The first-order valence-corrected chi connectivity index (χ1v) is 0. The topological polar surface area (TPSA) is 0 Å². The standard InChI is InChI=1S/Co.Cr.Mg.Ni.W. The summed E-state index contributed by atoms with van der Waals surface area (Å²) < 4.78 is 0. The molecular formula is CoCrMgNiW. The van der Waals surface area contributed by atoms with E-state index in [1.807, 2.05) is 0 Å². The Labute approximate surface area is 93.3 Å². The number of rotatable bonds is 0. The fraction of sp³-hybridized carbons (Fsp3) is 0. The SMILES string of the molecule is [Co].[Cr].[Mg].[Ni].[W]. The monoisotopic (exact) mass is 377 g/mol. The van der Waals surface area contributed by atoms with E-state index in [0.29, 0.717) is 0 Å². The molecule has 0 bridgehead atoms. The fourth-order valence-corrected chi connectivity index (χ4v) is 0. The first kappa shape index (κ1) is 43.7. The Morgan fingerprint density at radius 2 is 1.00 bits per heavy atom. The average Bonchev–Trinajstić information content (AvgIpc) is 0. The summed E-state index contributed by atoms with van der Waals surface area (Å²) in [5.74, 6) is 0. The van der Waals surface area contributed by atoms with E-state index in [0.717, 1.165) is 0 Å². The van der Waals surface area contributed by atoms with E-state index in [2.05, 4.69) is 0 Å². The summed E-state index contributed by atoms with van der Waals surface area (Å²) in [4.78, 5) is 0. The van der Waals surface area contributed by atoms with E-state index in [-0.39, 0.29) is 94.7 Å². The van der Waals surface area contributed by atoms with Gasteiger partial charge in [0.15, 0.2) is 0 Å². The molecule has 0 atom stereocenters. The zero-order valence-electron chi connectivity index (χ0n) is 2.17. The molecule has 0 aliphatic carbocycles. The first-order chi connectivity index (χ1) is 0. The van der Waals surface area contributed by atoms with Gasteiger partial charge in [0.2, 0.25) is 0 Å². The van der Waals surface area contributed by atoms with Crippen LogP contribution in [0.3, 0.4) is 0 Å². The summed E-state index contributed by atoms with van der Waals surface area (Å²) in [6, 6.07) is 0. The van der Waals surface area contributed by atoms with Crippen molar-refractivity contribution >= 4 is 23.1 Å². The Morgan fingerprint density at radius 1 is 1.00 bits per heavy atom. The van der Waals surface area contributed by atoms with Crippen molar-refractivity contribution in [3.05, 3.63) is 0 Å². The molecule has 0 aliphatic rings. The van der Waals surface area contributed by atoms with Gasteiger partial charge in [-0.05, 0) is 0 Å². The molecule has 0 nitrogen and oxygen atoms in total. The van der Waals surface area contributed by atoms with Gasteiger partial charge in [0.05, 0.1) is 0 Å². The molecule has 0 fully saturated rings. The van der Waals surface area contributed by atoms with Gasteiger partial charge in [-0.1, -0.05) is 0 Å². The largest absolute Gasteiger partial charge is 0 e. The minimum atomic E-state index is 0. The third kappa shape index (κ3) is 19.5. The molecule has 3 radical (unpaired) electrons. The van der Waals surface area contributed by atoms with Crippen molar-refractivity contribution in [3.63, 3.8) is 0 Å². The molecule has 0 N–H and O–H groups in total. The summed E-state index contributed by atoms with van der Waals surface area (Å²) in [5, 5.41) is 0. The molecule has 0 aromatic heterocycles. The summed E-state index contributed by atoms with van der Waals surface area (Å²) in [7, 11) is 0. The second-order valence-electron chi connectivity index (χ2n) is 0. The van der Waals surface area contributed by atoms with E-state index >= 15 is 0 Å². The van der Waals surface area contributed by atoms with Crippen LogP contribution in [0.4, 0.5) is 0 Å². The van der Waals surface area contributed by atoms with Crippen LogP contribution in [0.15, 0.2) is 0 Å². The molecule has 0 spiro atoms. The van der Waals surface area contributed by atoms with Crippen LogP contribution < -0.4 is 0 Å². The molecular weight excluding hydrogens is 378 g/mol. The quantitative estimate of drug-likeness (QED) is 0.505. The second kappa shape index (κ2) is 28.1. The predicted molar refractivity (Wildman–Crippen MR) is 5.75 cm³/mol. The Bertz CT molecular complexity index is 11.6. The third-order valence-corrected chi connectivity index (χ3v) is 0. The van der Waals surface area contributed by atoms with Crippen molar-refractivity contribution in [2.45, 2.75) is 0 Å². The normalized spacial score (nSPS) is 0. The van der Waals surface area contributed by atoms with E-state index in [4.69, 9.17) is 0 Å². The van der Waals surface area contributed by atoms with E-state index in [1.54, 1.807) is 0 Å². The van der Waals surface area contributed by atoms with E-state index < -0.39 is 0 Å². The van der Waals surface area contributed by atoms with Gasteiger partial charge in [0.25, 0.3) is 0 Å². The van der Waals surface area contributed by atoms with Crippen LogP contribution in [-0.2, 0) is 71.7 Å². The molecule has 0 heterocycles. The Morgan fingerprint density at radius 3 is 1.00 bits per heavy atom. The van der Waals surface area contributed by atoms with Crippen LogP contribution in [0.25, 0.3) is 0 Å². The minimum Gasteiger partial charge on any atom is 0 e. The smallest absolute Gasteiger partial charge is 0 e. The molecule has 5 heteroatoms. The van der Waals surface area contributed by atoms with Crippen LogP contribution in [0.2, 0.25) is 0 Å². The molecule has 0 amide bonds. The van der Waals surface area contributed by atoms with Crippen molar-refractivity contribution in [2.24, 2.45) is 0 Å². The third-order valence-electron chi connectivity index (χ3n) is 0. The molecule has 0 saturated carbocycles. The Hall–Kier alpha value is 2.99. The average molecular weight is 378 g/mol. The van der Waals surface area contributed by atoms with Crippen LogP contribution in [0.5, 0.6) is 0 Å². The van der Waals surface area contributed by atoms with Crippen molar-refractivity contribution in [2.75, 3.05) is 0 Å². The van der Waals surface area contributed by atoms with E-state index in [1.165, 1.54) is 0 Å². The molecule has 5 heavy (non-hydrogen) atoms. The van der Waals surface area contributed by atoms with Crippen molar-refractivity contribution in [1.82, 2.24) is 0 Å². The zero-order chi connectivity index (χ0) is 0. The van der Waals surface area contributed by atoms with Gasteiger partial charge in [-0.2, -0.15) is 0 Å². The second-order valence-corrected chi connectivity index (χ2v) is 0. The van der Waals surface area contributed by atoms with Gasteiger partial charge in [0.1, 0.15) is 0 Å². The summed E-state index contributed by atoms with van der Waals surface area (Å²) >= 11 is 0. The van der Waals surface area contributed by atoms with Gasteiger partial charge in [-0.15, -0.1) is 0 Å².